The second-order valence-corrected chi connectivity index (χ2v) is 6.13. The molecule has 1 amide bonds. The molecular weight excluding hydrogens is 366 g/mol. The molecule has 0 radical (unpaired) electrons. The Balaban J connectivity index is 1.92. The van der Waals surface area contributed by atoms with Crippen LogP contribution in [-0.2, 0) is 4.79 Å². The van der Waals surface area contributed by atoms with E-state index in [9.17, 15) is 4.79 Å². The van der Waals surface area contributed by atoms with Crippen LogP contribution in [0.25, 0.3) is 0 Å². The van der Waals surface area contributed by atoms with Gasteiger partial charge in [0.15, 0.2) is 6.61 Å². The lowest BCUT2D eigenvalue weighted by molar-refractivity contribution is -0.123. The molecule has 0 heterocycles. The Labute approximate surface area is 143 Å². The summed E-state index contributed by atoms with van der Waals surface area (Å²) in [6, 6.07) is 15.1. The fourth-order valence-corrected chi connectivity index (χ4v) is 2.81. The van der Waals surface area contributed by atoms with Crippen LogP contribution in [0.1, 0.15) is 24.9 Å². The monoisotopic (exact) mass is 381 g/mol. The third-order valence-electron chi connectivity index (χ3n) is 3.20. The van der Waals surface area contributed by atoms with Crippen LogP contribution in [0.15, 0.2) is 53.0 Å². The van der Waals surface area contributed by atoms with Gasteiger partial charge in [-0.25, -0.2) is 0 Å². The summed E-state index contributed by atoms with van der Waals surface area (Å²) in [7, 11) is 0. The number of carbonyl (C=O) groups excluding carboxylic acids is 1. The summed E-state index contributed by atoms with van der Waals surface area (Å²) in [5, 5.41) is 3.44. The quantitative estimate of drug-likeness (QED) is 0.783. The topological polar surface area (TPSA) is 38.3 Å². The van der Waals surface area contributed by atoms with Crippen molar-refractivity contribution in [2.75, 3.05) is 6.61 Å². The predicted octanol–water partition coefficient (Wildman–Crippen LogP) is 4.75. The predicted molar refractivity (Wildman–Crippen MR) is 92.3 cm³/mol. The van der Waals surface area contributed by atoms with Crippen molar-refractivity contribution in [3.63, 3.8) is 0 Å². The number of hydrogen-bond donors (Lipinski definition) is 1. The van der Waals surface area contributed by atoms with Crippen molar-refractivity contribution in [3.8, 4) is 5.75 Å². The van der Waals surface area contributed by atoms with Crippen LogP contribution < -0.4 is 10.1 Å². The van der Waals surface area contributed by atoms with Crippen molar-refractivity contribution in [3.05, 3.63) is 63.6 Å². The highest BCUT2D eigenvalue weighted by Gasteiger charge is 2.13. The zero-order valence-electron chi connectivity index (χ0n) is 12.2. The molecule has 22 heavy (non-hydrogen) atoms. The number of nitrogens with one attached hydrogen (secondary N) is 1. The minimum absolute atomic E-state index is 0.0160. The highest BCUT2D eigenvalue weighted by atomic mass is 79.9. The zero-order chi connectivity index (χ0) is 15.9. The Morgan fingerprint density at radius 2 is 2.00 bits per heavy atom. The third kappa shape index (κ3) is 4.75. The van der Waals surface area contributed by atoms with Gasteiger partial charge in [0.1, 0.15) is 5.75 Å². The molecule has 0 saturated heterocycles. The van der Waals surface area contributed by atoms with E-state index in [1.165, 1.54) is 0 Å². The van der Waals surface area contributed by atoms with Gasteiger partial charge in [0, 0.05) is 4.47 Å². The molecule has 1 atom stereocenters. The number of hydrogen-bond acceptors (Lipinski definition) is 2. The minimum atomic E-state index is -0.172. The summed E-state index contributed by atoms with van der Waals surface area (Å²) >= 11 is 9.38. The minimum Gasteiger partial charge on any atom is -0.482 e. The van der Waals surface area contributed by atoms with Gasteiger partial charge in [-0.1, -0.05) is 64.8 Å². The van der Waals surface area contributed by atoms with E-state index in [1.54, 1.807) is 12.1 Å². The number of ether oxygens (including phenoxy) is 1. The Hall–Kier alpha value is -1.52. The van der Waals surface area contributed by atoms with Gasteiger partial charge in [-0.3, -0.25) is 4.79 Å². The molecule has 0 unspecified atom stereocenters. The van der Waals surface area contributed by atoms with E-state index in [1.807, 2.05) is 43.3 Å². The van der Waals surface area contributed by atoms with Gasteiger partial charge in [0.05, 0.1) is 11.1 Å². The van der Waals surface area contributed by atoms with Gasteiger partial charge in [0.25, 0.3) is 5.91 Å². The van der Waals surface area contributed by atoms with E-state index >= 15 is 0 Å². The molecular formula is C17H17BrClNO2. The Kier molecular flexibility index (Phi) is 6.28. The SMILES string of the molecule is CC[C@@H](NC(=O)COc1ccc(Br)cc1Cl)c1ccccc1. The Bertz CT molecular complexity index is 634. The zero-order valence-corrected chi connectivity index (χ0v) is 14.5. The van der Waals surface area contributed by atoms with Crippen LogP contribution in [0.5, 0.6) is 5.75 Å². The largest absolute Gasteiger partial charge is 0.482 e. The molecule has 0 fully saturated rings. The summed E-state index contributed by atoms with van der Waals surface area (Å²) in [5.74, 6) is 0.322. The molecule has 2 aromatic carbocycles. The summed E-state index contributed by atoms with van der Waals surface area (Å²) < 4.78 is 6.34. The number of halogens is 2. The molecule has 0 spiro atoms. The first-order chi connectivity index (χ1) is 10.6. The van der Waals surface area contributed by atoms with E-state index in [2.05, 4.69) is 21.2 Å². The van der Waals surface area contributed by atoms with Crippen molar-refractivity contribution in [1.29, 1.82) is 0 Å². The highest BCUT2D eigenvalue weighted by Crippen LogP contribution is 2.27. The first-order valence-corrected chi connectivity index (χ1v) is 8.19. The number of rotatable bonds is 6. The molecule has 116 valence electrons. The smallest absolute Gasteiger partial charge is 0.258 e. The van der Waals surface area contributed by atoms with Crippen molar-refractivity contribution < 1.29 is 9.53 Å². The van der Waals surface area contributed by atoms with Gasteiger partial charge in [-0.15, -0.1) is 0 Å². The number of amides is 1. The molecule has 0 aliphatic carbocycles. The fourth-order valence-electron chi connectivity index (χ4n) is 2.08. The normalized spacial score (nSPS) is 11.8. The lowest BCUT2D eigenvalue weighted by Crippen LogP contribution is -2.32. The van der Waals surface area contributed by atoms with Gasteiger partial charge >= 0.3 is 0 Å². The van der Waals surface area contributed by atoms with Crippen LogP contribution in [-0.4, -0.2) is 12.5 Å². The van der Waals surface area contributed by atoms with Crippen molar-refractivity contribution in [2.24, 2.45) is 0 Å². The Morgan fingerprint density at radius 1 is 1.27 bits per heavy atom. The molecule has 0 aliphatic rings. The van der Waals surface area contributed by atoms with E-state index in [0.717, 1.165) is 16.5 Å². The molecule has 3 nitrogen and oxygen atoms in total. The van der Waals surface area contributed by atoms with Gasteiger partial charge in [-0.05, 0) is 30.2 Å². The summed E-state index contributed by atoms with van der Waals surface area (Å²) in [6.07, 6.45) is 0.814. The highest BCUT2D eigenvalue weighted by molar-refractivity contribution is 9.10. The maximum atomic E-state index is 12.0. The average Bonchev–Trinajstić information content (AvgIpc) is 2.52. The summed E-state index contributed by atoms with van der Waals surface area (Å²) in [5.41, 5.74) is 1.08. The summed E-state index contributed by atoms with van der Waals surface area (Å²) in [6.45, 7) is 1.97. The van der Waals surface area contributed by atoms with E-state index < -0.39 is 0 Å². The van der Waals surface area contributed by atoms with Crippen LogP contribution in [0.3, 0.4) is 0 Å². The molecule has 0 aromatic heterocycles. The van der Waals surface area contributed by atoms with Gasteiger partial charge < -0.3 is 10.1 Å². The van der Waals surface area contributed by atoms with Crippen LogP contribution >= 0.6 is 27.5 Å². The first-order valence-electron chi connectivity index (χ1n) is 7.02. The standard InChI is InChI=1S/C17H17BrClNO2/c1-2-15(12-6-4-3-5-7-12)20-17(21)11-22-16-9-8-13(18)10-14(16)19/h3-10,15H,2,11H2,1H3,(H,20,21)/t15-/m1/s1. The molecule has 0 saturated carbocycles. The first kappa shape index (κ1) is 16.8. The fraction of sp³-hybridized carbons (Fsp3) is 0.235. The maximum Gasteiger partial charge on any atom is 0.258 e. The molecule has 2 rings (SSSR count). The van der Waals surface area contributed by atoms with Crippen molar-refractivity contribution >= 4 is 33.4 Å². The second kappa shape index (κ2) is 8.20. The third-order valence-corrected chi connectivity index (χ3v) is 3.99. The molecule has 1 N–H and O–H groups in total. The van der Waals surface area contributed by atoms with E-state index in [-0.39, 0.29) is 18.6 Å². The average molecular weight is 383 g/mol. The van der Waals surface area contributed by atoms with Crippen LogP contribution in [0.4, 0.5) is 0 Å². The van der Waals surface area contributed by atoms with E-state index in [4.69, 9.17) is 16.3 Å². The van der Waals surface area contributed by atoms with E-state index in [0.29, 0.717) is 10.8 Å². The number of carbonyl (C=O) groups is 1. The molecule has 2 aromatic rings. The lowest BCUT2D eigenvalue weighted by atomic mass is 10.0. The van der Waals surface area contributed by atoms with Crippen LogP contribution in [0, 0.1) is 0 Å². The second-order valence-electron chi connectivity index (χ2n) is 4.80. The number of benzene rings is 2. The Morgan fingerprint density at radius 3 is 2.64 bits per heavy atom. The van der Waals surface area contributed by atoms with Gasteiger partial charge in [0.2, 0.25) is 0 Å². The molecule has 0 bridgehead atoms. The molecule has 0 aliphatic heterocycles. The van der Waals surface area contributed by atoms with Gasteiger partial charge in [-0.2, -0.15) is 0 Å². The lowest BCUT2D eigenvalue weighted by Gasteiger charge is -2.17. The summed E-state index contributed by atoms with van der Waals surface area (Å²) in [4.78, 5) is 12.0. The van der Waals surface area contributed by atoms with Crippen molar-refractivity contribution in [1.82, 2.24) is 5.32 Å². The molecule has 5 heteroatoms. The van der Waals surface area contributed by atoms with Crippen molar-refractivity contribution in [2.45, 2.75) is 19.4 Å². The van der Waals surface area contributed by atoms with Crippen LogP contribution in [0.2, 0.25) is 5.02 Å². The maximum absolute atomic E-state index is 12.0.